The van der Waals surface area contributed by atoms with E-state index in [0.29, 0.717) is 10.9 Å². The van der Waals surface area contributed by atoms with Crippen LogP contribution in [-0.2, 0) is 9.59 Å². The molecule has 0 atom stereocenters. The summed E-state index contributed by atoms with van der Waals surface area (Å²) in [6.07, 6.45) is 0.204. The highest BCUT2D eigenvalue weighted by Crippen LogP contribution is 2.28. The Balaban J connectivity index is 2.27. The average molecular weight is 270 g/mol. The van der Waals surface area contributed by atoms with Crippen molar-refractivity contribution in [2.75, 3.05) is 4.90 Å². The largest absolute Gasteiger partial charge is 0.476 e. The fourth-order valence-electron chi connectivity index (χ4n) is 2.28. The first-order valence-corrected chi connectivity index (χ1v) is 6.07. The number of carbonyl (C=O) groups excluding carboxylic acids is 2. The molecule has 1 aliphatic heterocycles. The number of hydrogen-bond donors (Lipinski definition) is 1. The Bertz CT molecular complexity index is 738. The summed E-state index contributed by atoms with van der Waals surface area (Å²) in [5.74, 6) is -2.05. The molecule has 20 heavy (non-hydrogen) atoms. The molecule has 1 aromatic heterocycles. The molecule has 0 unspecified atom stereocenters. The molecule has 1 aliphatic rings. The summed E-state index contributed by atoms with van der Waals surface area (Å²) in [6, 6.07) is 8.48. The molecule has 3 rings (SSSR count). The Kier molecular flexibility index (Phi) is 2.71. The number of imide groups is 1. The van der Waals surface area contributed by atoms with Crippen LogP contribution in [0.25, 0.3) is 10.9 Å². The summed E-state index contributed by atoms with van der Waals surface area (Å²) in [4.78, 5) is 39.8. The minimum atomic E-state index is -1.27. The van der Waals surface area contributed by atoms with Gasteiger partial charge in [-0.3, -0.25) is 9.59 Å². The Hall–Kier alpha value is -2.76. The van der Waals surface area contributed by atoms with Gasteiger partial charge in [0.1, 0.15) is 0 Å². The lowest BCUT2D eigenvalue weighted by Crippen LogP contribution is -2.30. The zero-order chi connectivity index (χ0) is 14.3. The van der Waals surface area contributed by atoms with Gasteiger partial charge in [0.15, 0.2) is 5.69 Å². The number of aromatic nitrogens is 1. The molecule has 0 saturated carbocycles. The van der Waals surface area contributed by atoms with Crippen LogP contribution in [-0.4, -0.2) is 27.9 Å². The standard InChI is InChI=1S/C14H10N2O4/c17-11-5-6-12(18)16(11)10-7-8-3-1-2-4-9(8)15-13(10)14(19)20/h1-4,7H,5-6H2,(H,19,20). The number of carbonyl (C=O) groups is 3. The molecule has 2 heterocycles. The van der Waals surface area contributed by atoms with Crippen LogP contribution in [0.15, 0.2) is 30.3 Å². The van der Waals surface area contributed by atoms with Gasteiger partial charge in [0.25, 0.3) is 0 Å². The van der Waals surface area contributed by atoms with Crippen LogP contribution in [0.3, 0.4) is 0 Å². The number of amides is 2. The molecule has 0 bridgehead atoms. The third-order valence-electron chi connectivity index (χ3n) is 3.20. The van der Waals surface area contributed by atoms with E-state index in [-0.39, 0.29) is 24.2 Å². The van der Waals surface area contributed by atoms with Crippen molar-refractivity contribution in [1.29, 1.82) is 0 Å². The molecule has 0 spiro atoms. The molecular formula is C14H10N2O4. The number of hydrogen-bond acceptors (Lipinski definition) is 4. The smallest absolute Gasteiger partial charge is 0.356 e. The van der Waals surface area contributed by atoms with Crippen LogP contribution in [0.4, 0.5) is 5.69 Å². The topological polar surface area (TPSA) is 87.6 Å². The normalized spacial score (nSPS) is 15.1. The molecule has 2 aromatic rings. The molecule has 1 fully saturated rings. The number of anilines is 1. The van der Waals surface area contributed by atoms with Crippen LogP contribution < -0.4 is 4.90 Å². The molecular weight excluding hydrogens is 260 g/mol. The van der Waals surface area contributed by atoms with Crippen molar-refractivity contribution in [1.82, 2.24) is 4.98 Å². The summed E-state index contributed by atoms with van der Waals surface area (Å²) in [5, 5.41) is 9.93. The Morgan fingerprint density at radius 1 is 1.15 bits per heavy atom. The van der Waals surface area contributed by atoms with Crippen LogP contribution >= 0.6 is 0 Å². The maximum atomic E-state index is 11.8. The monoisotopic (exact) mass is 270 g/mol. The van der Waals surface area contributed by atoms with E-state index < -0.39 is 17.8 Å². The van der Waals surface area contributed by atoms with Gasteiger partial charge in [-0.25, -0.2) is 14.7 Å². The Labute approximate surface area is 113 Å². The summed E-state index contributed by atoms with van der Waals surface area (Å²) in [7, 11) is 0. The highest BCUT2D eigenvalue weighted by molar-refractivity contribution is 6.22. The molecule has 0 radical (unpaired) electrons. The number of carboxylic acid groups (broad SMARTS) is 1. The minimum absolute atomic E-state index is 0.0451. The van der Waals surface area contributed by atoms with Crippen molar-refractivity contribution in [3.63, 3.8) is 0 Å². The van der Waals surface area contributed by atoms with E-state index in [9.17, 15) is 19.5 Å². The molecule has 1 saturated heterocycles. The number of benzene rings is 1. The van der Waals surface area contributed by atoms with E-state index in [4.69, 9.17) is 0 Å². The van der Waals surface area contributed by atoms with Gasteiger partial charge in [-0.15, -0.1) is 0 Å². The van der Waals surface area contributed by atoms with Crippen molar-refractivity contribution in [3.8, 4) is 0 Å². The molecule has 1 aromatic carbocycles. The van der Waals surface area contributed by atoms with Crippen molar-refractivity contribution >= 4 is 34.4 Å². The highest BCUT2D eigenvalue weighted by Gasteiger charge is 2.33. The van der Waals surface area contributed by atoms with Crippen LogP contribution in [0.5, 0.6) is 0 Å². The maximum absolute atomic E-state index is 11.8. The van der Waals surface area contributed by atoms with Crippen LogP contribution in [0.2, 0.25) is 0 Å². The van der Waals surface area contributed by atoms with Crippen LogP contribution in [0.1, 0.15) is 23.3 Å². The quantitative estimate of drug-likeness (QED) is 0.837. The van der Waals surface area contributed by atoms with E-state index in [2.05, 4.69) is 4.98 Å². The van der Waals surface area contributed by atoms with Gasteiger partial charge in [0.05, 0.1) is 11.2 Å². The lowest BCUT2D eigenvalue weighted by atomic mass is 10.1. The van der Waals surface area contributed by atoms with Crippen molar-refractivity contribution in [2.24, 2.45) is 0 Å². The van der Waals surface area contributed by atoms with Crippen molar-refractivity contribution in [3.05, 3.63) is 36.0 Å². The van der Waals surface area contributed by atoms with E-state index in [1.165, 1.54) is 6.07 Å². The van der Waals surface area contributed by atoms with Gasteiger partial charge in [0.2, 0.25) is 11.8 Å². The molecule has 6 nitrogen and oxygen atoms in total. The molecule has 2 amide bonds. The average Bonchev–Trinajstić information content (AvgIpc) is 2.76. The Morgan fingerprint density at radius 3 is 2.45 bits per heavy atom. The van der Waals surface area contributed by atoms with Gasteiger partial charge in [-0.05, 0) is 12.1 Å². The van der Waals surface area contributed by atoms with E-state index in [1.54, 1.807) is 24.3 Å². The van der Waals surface area contributed by atoms with Gasteiger partial charge in [-0.2, -0.15) is 0 Å². The predicted octanol–water partition coefficient (Wildman–Crippen LogP) is 1.59. The maximum Gasteiger partial charge on any atom is 0.356 e. The minimum Gasteiger partial charge on any atom is -0.476 e. The van der Waals surface area contributed by atoms with Gasteiger partial charge in [-0.1, -0.05) is 18.2 Å². The molecule has 6 heteroatoms. The van der Waals surface area contributed by atoms with Gasteiger partial charge < -0.3 is 5.11 Å². The third-order valence-corrected chi connectivity index (χ3v) is 3.20. The molecule has 0 aliphatic carbocycles. The van der Waals surface area contributed by atoms with E-state index in [1.807, 2.05) is 0 Å². The third kappa shape index (κ3) is 1.82. The second kappa shape index (κ2) is 4.41. The van der Waals surface area contributed by atoms with E-state index >= 15 is 0 Å². The number of para-hydroxylation sites is 1. The summed E-state index contributed by atoms with van der Waals surface area (Å²) < 4.78 is 0. The van der Waals surface area contributed by atoms with Crippen molar-refractivity contribution in [2.45, 2.75) is 12.8 Å². The number of carboxylic acids is 1. The zero-order valence-electron chi connectivity index (χ0n) is 10.4. The summed E-state index contributed by atoms with van der Waals surface area (Å²) in [5.41, 5.74) is 0.267. The van der Waals surface area contributed by atoms with Crippen molar-refractivity contribution < 1.29 is 19.5 Å². The number of fused-ring (bicyclic) bond motifs is 1. The summed E-state index contributed by atoms with van der Waals surface area (Å²) >= 11 is 0. The Morgan fingerprint density at radius 2 is 1.80 bits per heavy atom. The first-order valence-electron chi connectivity index (χ1n) is 6.07. The first-order chi connectivity index (χ1) is 9.58. The second-order valence-electron chi connectivity index (χ2n) is 4.48. The zero-order valence-corrected chi connectivity index (χ0v) is 10.4. The number of pyridine rings is 1. The first kappa shape index (κ1) is 12.3. The highest BCUT2D eigenvalue weighted by atomic mass is 16.4. The van der Waals surface area contributed by atoms with Gasteiger partial charge in [0, 0.05) is 18.2 Å². The van der Waals surface area contributed by atoms with Gasteiger partial charge >= 0.3 is 5.97 Å². The summed E-state index contributed by atoms with van der Waals surface area (Å²) in [6.45, 7) is 0. The fourth-order valence-corrected chi connectivity index (χ4v) is 2.28. The number of rotatable bonds is 2. The predicted molar refractivity (Wildman–Crippen MR) is 70.4 cm³/mol. The SMILES string of the molecule is O=C(O)c1nc2ccccc2cc1N1C(=O)CCC1=O. The second-order valence-corrected chi connectivity index (χ2v) is 4.48. The fraction of sp³-hybridized carbons (Fsp3) is 0.143. The van der Waals surface area contributed by atoms with Crippen LogP contribution in [0, 0.1) is 0 Å². The number of aromatic carboxylic acids is 1. The lowest BCUT2D eigenvalue weighted by molar-refractivity contribution is -0.121. The molecule has 1 N–H and O–H groups in total. The number of nitrogens with zero attached hydrogens (tertiary/aromatic N) is 2. The molecule has 100 valence electrons. The lowest BCUT2D eigenvalue weighted by Gasteiger charge is -2.16. The van der Waals surface area contributed by atoms with E-state index in [0.717, 1.165) is 4.90 Å².